The van der Waals surface area contributed by atoms with Gasteiger partial charge in [0, 0.05) is 25.8 Å². The average molecular weight is 808 g/mol. The molecule has 4 saturated carbocycles. The van der Waals surface area contributed by atoms with Crippen LogP contribution >= 0.6 is 0 Å². The molecular formula is C39H65N7O11. The first-order chi connectivity index (χ1) is 27.4. The number of carbonyl (C=O) groups is 2. The highest BCUT2D eigenvalue weighted by atomic mass is 16.6. The van der Waals surface area contributed by atoms with Crippen molar-refractivity contribution in [2.45, 2.75) is 139 Å². The van der Waals surface area contributed by atoms with Gasteiger partial charge in [0.25, 0.3) is 0 Å². The molecule has 3 unspecified atom stereocenters. The van der Waals surface area contributed by atoms with Crippen LogP contribution in [0.25, 0.3) is 0 Å². The summed E-state index contributed by atoms with van der Waals surface area (Å²) in [4.78, 5) is 30.7. The molecule has 2 amide bonds. The molecule has 4 aliphatic carbocycles. The van der Waals surface area contributed by atoms with Crippen LogP contribution < -0.4 is 0 Å². The van der Waals surface area contributed by atoms with E-state index in [4.69, 9.17) is 19.3 Å². The number of carboxylic acid groups (broad SMARTS) is 1. The molecule has 9 atom stereocenters. The number of aliphatic hydroxyl groups excluding tert-OH is 5. The maximum atomic E-state index is 13.3. The van der Waals surface area contributed by atoms with Crippen molar-refractivity contribution < 1.29 is 54.4 Å². The highest BCUT2D eigenvalue weighted by Gasteiger charge is 2.61. The molecule has 322 valence electrons. The highest BCUT2D eigenvalue weighted by molar-refractivity contribution is 5.83. The Kier molecular flexibility index (Phi) is 16.9. The summed E-state index contributed by atoms with van der Waals surface area (Å²) in [6, 6.07) is 1.69. The Morgan fingerprint density at radius 3 is 2.39 bits per heavy atom. The fraction of sp³-hybridized carbons (Fsp3) is 0.872. The van der Waals surface area contributed by atoms with E-state index in [1.165, 1.54) is 9.80 Å². The number of amides is 2. The number of aliphatic hydroxyl groups is 5. The predicted octanol–water partition coefficient (Wildman–Crippen LogP) is 0.732. The lowest BCUT2D eigenvalue weighted by Gasteiger charge is -2.63. The Hall–Kier alpha value is -2.99. The summed E-state index contributed by atoms with van der Waals surface area (Å²) < 4.78 is 19.8. The quantitative estimate of drug-likeness (QED) is 0.0707. The fourth-order valence-electron chi connectivity index (χ4n) is 9.96. The SMILES string of the molecule is CCCCCCN(Cc1cn(CCOCCOCCOC23CC4C[C@H](C2)CC(N(CC(=O)N2CCC[C@H]2C#N)C(=O)O)(C4)C3)nn1)C[C@H](O)[C@@H](O)[C@H](O)[C@H](O)CO. The van der Waals surface area contributed by atoms with Crippen LogP contribution in [0.2, 0.25) is 0 Å². The van der Waals surface area contributed by atoms with E-state index in [1.54, 1.807) is 10.9 Å². The van der Waals surface area contributed by atoms with Gasteiger partial charge in [0.05, 0.1) is 75.2 Å². The molecule has 5 aliphatic rings. The van der Waals surface area contributed by atoms with Crippen molar-refractivity contribution in [1.29, 1.82) is 5.26 Å². The third-order valence-corrected chi connectivity index (χ3v) is 12.3. The van der Waals surface area contributed by atoms with Gasteiger partial charge in [-0.2, -0.15) is 5.26 Å². The summed E-state index contributed by atoms with van der Waals surface area (Å²) in [5, 5.41) is 78.0. The summed E-state index contributed by atoms with van der Waals surface area (Å²) in [5.74, 6) is 0.385. The van der Waals surface area contributed by atoms with Gasteiger partial charge in [-0.1, -0.05) is 31.4 Å². The number of hydrogen-bond acceptors (Lipinski definition) is 14. The predicted molar refractivity (Wildman–Crippen MR) is 203 cm³/mol. The van der Waals surface area contributed by atoms with Gasteiger partial charge in [-0.05, 0) is 76.2 Å². The standard InChI is InChI=1S/C39H65N7O11/c1-2-3-4-5-8-43(24-32(48)35(51)36(52)33(49)26-47)22-30-23-44(42-41-30)10-11-55-12-13-56-14-15-57-39-19-28-16-29(20-39)18-38(17-28,27-39)46(37(53)54)25-34(50)45-9-6-7-31(45)21-40/h23,28-29,31-33,35-36,47-49,51-52H,2-20,22,24-27H2,1H3,(H,53,54)/t28-,29?,31-,32-,33+,35+,36+,38?,39?/m0/s1. The van der Waals surface area contributed by atoms with Crippen LogP contribution in [0.4, 0.5) is 4.79 Å². The first-order valence-electron chi connectivity index (χ1n) is 20.8. The lowest BCUT2D eigenvalue weighted by atomic mass is 9.50. The molecule has 6 rings (SSSR count). The number of unbranched alkanes of at least 4 members (excludes halogenated alkanes) is 3. The van der Waals surface area contributed by atoms with Crippen molar-refractivity contribution in [3.05, 3.63) is 11.9 Å². The molecule has 1 saturated heterocycles. The van der Waals surface area contributed by atoms with Crippen molar-refractivity contribution in [3.63, 3.8) is 0 Å². The monoisotopic (exact) mass is 807 g/mol. The van der Waals surface area contributed by atoms with Crippen LogP contribution in [-0.4, -0.2) is 180 Å². The van der Waals surface area contributed by atoms with Crippen molar-refractivity contribution in [2.24, 2.45) is 11.8 Å². The average Bonchev–Trinajstić information content (AvgIpc) is 3.85. The van der Waals surface area contributed by atoms with Crippen molar-refractivity contribution >= 4 is 12.0 Å². The van der Waals surface area contributed by atoms with Gasteiger partial charge in [0.2, 0.25) is 5.91 Å². The van der Waals surface area contributed by atoms with E-state index in [0.29, 0.717) is 89.6 Å². The Labute approximate surface area is 335 Å². The first kappa shape index (κ1) is 45.1. The first-order valence-corrected chi connectivity index (χ1v) is 20.8. The summed E-state index contributed by atoms with van der Waals surface area (Å²) in [5.41, 5.74) is -0.431. The minimum Gasteiger partial charge on any atom is -0.465 e. The molecular weight excluding hydrogens is 742 g/mol. The number of ether oxygens (including phenoxy) is 3. The van der Waals surface area contributed by atoms with Gasteiger partial charge < -0.3 is 49.7 Å². The molecule has 18 nitrogen and oxygen atoms in total. The van der Waals surface area contributed by atoms with Gasteiger partial charge in [-0.3, -0.25) is 14.6 Å². The molecule has 6 N–H and O–H groups in total. The smallest absolute Gasteiger partial charge is 0.408 e. The minimum absolute atomic E-state index is 0.0298. The van der Waals surface area contributed by atoms with E-state index >= 15 is 0 Å². The zero-order valence-corrected chi connectivity index (χ0v) is 33.4. The van der Waals surface area contributed by atoms with Crippen LogP contribution in [-0.2, 0) is 32.1 Å². The Bertz CT molecular complexity index is 1450. The number of carbonyl (C=O) groups excluding carboxylic acids is 1. The maximum Gasteiger partial charge on any atom is 0.408 e. The Balaban J connectivity index is 1.01. The molecule has 18 heteroatoms. The van der Waals surface area contributed by atoms with Gasteiger partial charge in [-0.15, -0.1) is 5.10 Å². The Morgan fingerprint density at radius 2 is 1.70 bits per heavy atom. The molecule has 0 aromatic carbocycles. The van der Waals surface area contributed by atoms with E-state index in [-0.39, 0.29) is 19.0 Å². The molecule has 0 spiro atoms. The topological polar surface area (TPSA) is 247 Å². The lowest BCUT2D eigenvalue weighted by molar-refractivity contribution is -0.200. The normalized spacial score (nSPS) is 27.4. The zero-order valence-electron chi connectivity index (χ0n) is 33.4. The lowest BCUT2D eigenvalue weighted by Crippen LogP contribution is -2.68. The molecule has 57 heavy (non-hydrogen) atoms. The number of nitriles is 1. The third kappa shape index (κ3) is 12.0. The zero-order chi connectivity index (χ0) is 41.0. The van der Waals surface area contributed by atoms with Crippen LogP contribution in [0.15, 0.2) is 6.20 Å². The summed E-state index contributed by atoms with van der Waals surface area (Å²) in [7, 11) is 0. The van der Waals surface area contributed by atoms with Crippen molar-refractivity contribution in [2.75, 3.05) is 65.8 Å². The molecule has 4 bridgehead atoms. The van der Waals surface area contributed by atoms with Crippen LogP contribution in [0, 0.1) is 23.2 Å². The van der Waals surface area contributed by atoms with Crippen LogP contribution in [0.5, 0.6) is 0 Å². The molecule has 5 fully saturated rings. The van der Waals surface area contributed by atoms with Crippen molar-refractivity contribution in [1.82, 2.24) is 29.7 Å². The van der Waals surface area contributed by atoms with Gasteiger partial charge >= 0.3 is 6.09 Å². The van der Waals surface area contributed by atoms with E-state index in [1.807, 2.05) is 4.90 Å². The number of rotatable bonds is 26. The third-order valence-electron chi connectivity index (χ3n) is 12.3. The van der Waals surface area contributed by atoms with E-state index < -0.39 is 54.3 Å². The largest absolute Gasteiger partial charge is 0.465 e. The summed E-state index contributed by atoms with van der Waals surface area (Å²) in [6.07, 6.45) is 4.70. The summed E-state index contributed by atoms with van der Waals surface area (Å²) in [6.45, 7) is 4.97. The number of hydrogen-bond donors (Lipinski definition) is 6. The summed E-state index contributed by atoms with van der Waals surface area (Å²) >= 11 is 0. The number of aromatic nitrogens is 3. The molecule has 2 heterocycles. The van der Waals surface area contributed by atoms with Gasteiger partial charge in [0.15, 0.2) is 0 Å². The number of nitrogens with zero attached hydrogens (tertiary/aromatic N) is 7. The van der Waals surface area contributed by atoms with Crippen LogP contribution in [0.1, 0.15) is 89.7 Å². The molecule has 1 aromatic rings. The van der Waals surface area contributed by atoms with Crippen LogP contribution in [0.3, 0.4) is 0 Å². The van der Waals surface area contributed by atoms with E-state index in [0.717, 1.165) is 64.2 Å². The van der Waals surface area contributed by atoms with Crippen molar-refractivity contribution in [3.8, 4) is 6.07 Å². The van der Waals surface area contributed by atoms with Gasteiger partial charge in [0.1, 0.15) is 30.9 Å². The molecule has 0 radical (unpaired) electrons. The Morgan fingerprint density at radius 1 is 1.00 bits per heavy atom. The second-order valence-corrected chi connectivity index (χ2v) is 16.8. The van der Waals surface area contributed by atoms with Gasteiger partial charge in [-0.25, -0.2) is 9.48 Å². The number of likely N-dealkylation sites (tertiary alicyclic amines) is 1. The second-order valence-electron chi connectivity index (χ2n) is 16.8. The van der Waals surface area contributed by atoms with E-state index in [2.05, 4.69) is 23.3 Å². The highest BCUT2D eigenvalue weighted by Crippen LogP contribution is 2.60. The second kappa shape index (κ2) is 21.3. The maximum absolute atomic E-state index is 13.3. The fourth-order valence-corrected chi connectivity index (χ4v) is 9.96. The minimum atomic E-state index is -1.68. The molecule has 1 aromatic heterocycles. The van der Waals surface area contributed by atoms with E-state index in [9.17, 15) is 40.4 Å². The molecule has 1 aliphatic heterocycles.